The van der Waals surface area contributed by atoms with Gasteiger partial charge < -0.3 is 4.74 Å². The van der Waals surface area contributed by atoms with E-state index in [4.69, 9.17) is 4.74 Å². The highest BCUT2D eigenvalue weighted by molar-refractivity contribution is 9.10. The summed E-state index contributed by atoms with van der Waals surface area (Å²) in [4.78, 5) is 13.1. The molecule has 1 aromatic carbocycles. The van der Waals surface area contributed by atoms with Crippen LogP contribution in [0, 0.1) is 0 Å². The standard InChI is InChI=1S/C13H18BrNO2/c1-11(14)13(16)17-9-8-15(2)10-12-6-4-3-5-7-12/h3-7,11H,8-10H2,1-2H3. The van der Waals surface area contributed by atoms with Gasteiger partial charge in [-0.15, -0.1) is 0 Å². The lowest BCUT2D eigenvalue weighted by atomic mass is 10.2. The number of hydrogen-bond donors (Lipinski definition) is 0. The Morgan fingerprint density at radius 3 is 2.65 bits per heavy atom. The minimum Gasteiger partial charge on any atom is -0.463 e. The minimum absolute atomic E-state index is 0.210. The first kappa shape index (κ1) is 14.2. The van der Waals surface area contributed by atoms with Crippen LogP contribution in [0.25, 0.3) is 0 Å². The lowest BCUT2D eigenvalue weighted by Crippen LogP contribution is -2.25. The first-order valence-corrected chi connectivity index (χ1v) is 6.54. The molecule has 1 aromatic rings. The largest absolute Gasteiger partial charge is 0.463 e. The Kier molecular flexibility index (Phi) is 6.22. The van der Waals surface area contributed by atoms with Crippen molar-refractivity contribution in [1.29, 1.82) is 0 Å². The molecule has 0 saturated carbocycles. The van der Waals surface area contributed by atoms with Crippen LogP contribution < -0.4 is 0 Å². The Labute approximate surface area is 111 Å². The number of ether oxygens (including phenoxy) is 1. The van der Waals surface area contributed by atoms with Crippen molar-refractivity contribution in [3.05, 3.63) is 35.9 Å². The van der Waals surface area contributed by atoms with Crippen LogP contribution in [0.4, 0.5) is 0 Å². The first-order chi connectivity index (χ1) is 8.09. The SMILES string of the molecule is CC(Br)C(=O)OCCN(C)Cc1ccccc1. The second kappa shape index (κ2) is 7.45. The summed E-state index contributed by atoms with van der Waals surface area (Å²) in [7, 11) is 2.01. The summed E-state index contributed by atoms with van der Waals surface area (Å²) >= 11 is 3.17. The number of rotatable bonds is 6. The van der Waals surface area contributed by atoms with Crippen molar-refractivity contribution >= 4 is 21.9 Å². The normalized spacial score (nSPS) is 12.5. The Morgan fingerprint density at radius 1 is 1.41 bits per heavy atom. The van der Waals surface area contributed by atoms with Crippen LogP contribution in [0.3, 0.4) is 0 Å². The van der Waals surface area contributed by atoms with Crippen molar-refractivity contribution in [3.8, 4) is 0 Å². The van der Waals surface area contributed by atoms with Gasteiger partial charge >= 0.3 is 5.97 Å². The summed E-state index contributed by atoms with van der Waals surface area (Å²) in [5, 5.41) is 0. The zero-order valence-corrected chi connectivity index (χ0v) is 11.8. The fraction of sp³-hybridized carbons (Fsp3) is 0.462. The highest BCUT2D eigenvalue weighted by Crippen LogP contribution is 2.03. The summed E-state index contributed by atoms with van der Waals surface area (Å²) in [5.74, 6) is -0.210. The number of halogens is 1. The van der Waals surface area contributed by atoms with Crippen LogP contribution in [-0.4, -0.2) is 35.9 Å². The lowest BCUT2D eigenvalue weighted by Gasteiger charge is -2.16. The number of hydrogen-bond acceptors (Lipinski definition) is 3. The Bertz CT molecular complexity index is 341. The number of alkyl halides is 1. The van der Waals surface area contributed by atoms with Gasteiger partial charge in [0.15, 0.2) is 0 Å². The topological polar surface area (TPSA) is 29.5 Å². The van der Waals surface area contributed by atoms with Crippen molar-refractivity contribution in [1.82, 2.24) is 4.90 Å². The number of benzene rings is 1. The van der Waals surface area contributed by atoms with Gasteiger partial charge in [0, 0.05) is 13.1 Å². The van der Waals surface area contributed by atoms with E-state index in [0.29, 0.717) is 6.61 Å². The van der Waals surface area contributed by atoms with E-state index in [0.717, 1.165) is 13.1 Å². The van der Waals surface area contributed by atoms with E-state index in [9.17, 15) is 4.79 Å². The van der Waals surface area contributed by atoms with Crippen LogP contribution in [0.15, 0.2) is 30.3 Å². The van der Waals surface area contributed by atoms with Crippen LogP contribution >= 0.6 is 15.9 Å². The molecule has 3 nitrogen and oxygen atoms in total. The molecule has 0 spiro atoms. The van der Waals surface area contributed by atoms with E-state index in [1.54, 1.807) is 6.92 Å². The van der Waals surface area contributed by atoms with E-state index < -0.39 is 0 Å². The summed E-state index contributed by atoms with van der Waals surface area (Å²) in [6.07, 6.45) is 0. The average Bonchev–Trinajstić information content (AvgIpc) is 2.30. The fourth-order valence-corrected chi connectivity index (χ4v) is 1.52. The summed E-state index contributed by atoms with van der Waals surface area (Å²) in [6.45, 7) is 3.79. The van der Waals surface area contributed by atoms with Gasteiger partial charge in [-0.3, -0.25) is 9.69 Å². The van der Waals surface area contributed by atoms with Crippen molar-refractivity contribution in [2.24, 2.45) is 0 Å². The summed E-state index contributed by atoms with van der Waals surface area (Å²) in [6, 6.07) is 10.2. The molecule has 0 aliphatic heterocycles. The van der Waals surface area contributed by atoms with Gasteiger partial charge in [-0.1, -0.05) is 46.3 Å². The van der Waals surface area contributed by atoms with Crippen molar-refractivity contribution in [2.75, 3.05) is 20.2 Å². The minimum atomic E-state index is -0.234. The quantitative estimate of drug-likeness (QED) is 0.597. The Morgan fingerprint density at radius 2 is 2.06 bits per heavy atom. The monoisotopic (exact) mass is 299 g/mol. The molecule has 0 aliphatic carbocycles. The maximum absolute atomic E-state index is 11.2. The number of esters is 1. The third-order valence-electron chi connectivity index (χ3n) is 2.34. The van der Waals surface area contributed by atoms with Gasteiger partial charge in [0.25, 0.3) is 0 Å². The molecule has 0 aromatic heterocycles. The van der Waals surface area contributed by atoms with Crippen LogP contribution in [0.1, 0.15) is 12.5 Å². The fourth-order valence-electron chi connectivity index (χ4n) is 1.39. The molecule has 0 N–H and O–H groups in total. The lowest BCUT2D eigenvalue weighted by molar-refractivity contribution is -0.142. The highest BCUT2D eigenvalue weighted by atomic mass is 79.9. The van der Waals surface area contributed by atoms with Crippen LogP contribution in [-0.2, 0) is 16.1 Å². The van der Waals surface area contributed by atoms with E-state index in [1.807, 2.05) is 25.2 Å². The van der Waals surface area contributed by atoms with Crippen molar-refractivity contribution < 1.29 is 9.53 Å². The molecule has 94 valence electrons. The molecule has 0 aliphatic rings. The molecule has 1 unspecified atom stereocenters. The zero-order valence-electron chi connectivity index (χ0n) is 10.2. The molecule has 17 heavy (non-hydrogen) atoms. The molecular formula is C13H18BrNO2. The maximum Gasteiger partial charge on any atom is 0.319 e. The van der Waals surface area contributed by atoms with Gasteiger partial charge in [-0.2, -0.15) is 0 Å². The highest BCUT2D eigenvalue weighted by Gasteiger charge is 2.09. The molecule has 1 rings (SSSR count). The number of carbonyl (C=O) groups is 1. The van der Waals surface area contributed by atoms with E-state index in [1.165, 1.54) is 5.56 Å². The Balaban J connectivity index is 2.22. The second-order valence-corrected chi connectivity index (χ2v) is 5.38. The predicted molar refractivity (Wildman–Crippen MR) is 72.1 cm³/mol. The van der Waals surface area contributed by atoms with E-state index >= 15 is 0 Å². The molecule has 0 bridgehead atoms. The average molecular weight is 300 g/mol. The van der Waals surface area contributed by atoms with Crippen molar-refractivity contribution in [3.63, 3.8) is 0 Å². The smallest absolute Gasteiger partial charge is 0.319 e. The number of carbonyl (C=O) groups excluding carboxylic acids is 1. The molecule has 0 heterocycles. The van der Waals surface area contributed by atoms with Crippen LogP contribution in [0.2, 0.25) is 0 Å². The van der Waals surface area contributed by atoms with Gasteiger partial charge in [0.05, 0.1) is 0 Å². The maximum atomic E-state index is 11.2. The third kappa shape index (κ3) is 5.84. The summed E-state index contributed by atoms with van der Waals surface area (Å²) < 4.78 is 5.08. The molecule has 0 fully saturated rings. The molecule has 0 saturated heterocycles. The van der Waals surface area contributed by atoms with Gasteiger partial charge in [0.1, 0.15) is 11.4 Å². The summed E-state index contributed by atoms with van der Waals surface area (Å²) in [5.41, 5.74) is 1.26. The zero-order chi connectivity index (χ0) is 12.7. The van der Waals surface area contributed by atoms with Gasteiger partial charge in [-0.05, 0) is 19.5 Å². The van der Waals surface area contributed by atoms with Crippen LogP contribution in [0.5, 0.6) is 0 Å². The second-order valence-electron chi connectivity index (χ2n) is 4.01. The van der Waals surface area contributed by atoms with Gasteiger partial charge in [0.2, 0.25) is 0 Å². The molecule has 1 atom stereocenters. The predicted octanol–water partition coefficient (Wildman–Crippen LogP) is 2.45. The van der Waals surface area contributed by atoms with Gasteiger partial charge in [-0.25, -0.2) is 0 Å². The Hall–Kier alpha value is -0.870. The van der Waals surface area contributed by atoms with E-state index in [-0.39, 0.29) is 10.8 Å². The molecule has 4 heteroatoms. The van der Waals surface area contributed by atoms with E-state index in [2.05, 4.69) is 33.0 Å². The first-order valence-electron chi connectivity index (χ1n) is 5.63. The van der Waals surface area contributed by atoms with Crippen molar-refractivity contribution in [2.45, 2.75) is 18.3 Å². The number of likely N-dealkylation sites (N-methyl/N-ethyl adjacent to an activating group) is 1. The third-order valence-corrected chi connectivity index (χ3v) is 2.71. The number of nitrogens with zero attached hydrogens (tertiary/aromatic N) is 1. The molecular weight excluding hydrogens is 282 g/mol. The molecule has 0 amide bonds. The molecule has 0 radical (unpaired) electrons.